The van der Waals surface area contributed by atoms with Gasteiger partial charge in [0.05, 0.1) is 28.7 Å². The third-order valence-electron chi connectivity index (χ3n) is 6.35. The molecule has 20 heteroatoms. The smallest absolute Gasteiger partial charge is 0.408 e. The molecule has 1 N–H and O–H groups in total. The summed E-state index contributed by atoms with van der Waals surface area (Å²) in [6, 6.07) is 5.43. The lowest BCUT2D eigenvalue weighted by atomic mass is 10.0. The van der Waals surface area contributed by atoms with Crippen molar-refractivity contribution in [1.29, 1.82) is 0 Å². The highest BCUT2D eigenvalue weighted by molar-refractivity contribution is 7.86. The minimum Gasteiger partial charge on any atom is -0.538 e. The van der Waals surface area contributed by atoms with E-state index >= 15 is 0 Å². The van der Waals surface area contributed by atoms with Crippen LogP contribution in [-0.2, 0) is 60.3 Å². The van der Waals surface area contributed by atoms with Gasteiger partial charge in [0.15, 0.2) is 5.71 Å². The molecule has 0 saturated carbocycles. The summed E-state index contributed by atoms with van der Waals surface area (Å²) in [4.78, 5) is 72.6. The van der Waals surface area contributed by atoms with Crippen LogP contribution >= 0.6 is 22.9 Å². The largest absolute Gasteiger partial charge is 0.538 e. The Balaban J connectivity index is 1.54. The number of oxime groups is 1. The predicted molar refractivity (Wildman–Crippen MR) is 163 cm³/mol. The van der Waals surface area contributed by atoms with E-state index < -0.39 is 57.4 Å². The molecule has 2 aliphatic heterocycles. The quantitative estimate of drug-likeness (QED) is 0.0270. The molecule has 0 aliphatic carbocycles. The van der Waals surface area contributed by atoms with Crippen molar-refractivity contribution in [1.82, 2.24) is 15.2 Å². The number of aromatic nitrogens is 1. The number of rotatable bonds is 14. The van der Waals surface area contributed by atoms with Gasteiger partial charge in [0.1, 0.15) is 35.2 Å². The first-order valence-electron chi connectivity index (χ1n) is 12.9. The molecule has 1 saturated heterocycles. The van der Waals surface area contributed by atoms with Crippen LogP contribution in [0.1, 0.15) is 16.3 Å². The van der Waals surface area contributed by atoms with E-state index in [9.17, 15) is 28.2 Å². The third kappa shape index (κ3) is 7.66. The molecule has 1 fully saturated rings. The number of hydrogen-bond donors (Lipinski definition) is 1. The second-order valence-corrected chi connectivity index (χ2v) is 12.0. The van der Waals surface area contributed by atoms with E-state index in [-0.39, 0.29) is 41.7 Å². The molecular formula is C26H22B2ClN4O11S2. The number of halogens is 1. The Hall–Kier alpha value is -4.48. The second kappa shape index (κ2) is 15.7. The fourth-order valence-electron chi connectivity index (χ4n) is 4.19. The summed E-state index contributed by atoms with van der Waals surface area (Å²) >= 11 is 7.22. The maximum absolute atomic E-state index is 13.4. The van der Waals surface area contributed by atoms with E-state index in [2.05, 4.69) is 24.8 Å². The lowest BCUT2D eigenvalue weighted by Crippen LogP contribution is -2.74. The van der Waals surface area contributed by atoms with E-state index in [1.807, 2.05) is 0 Å². The Morgan fingerprint density at radius 2 is 2.04 bits per heavy atom. The molecule has 1 aromatic heterocycles. The molecule has 3 radical (unpaired) electrons. The number of β-lactam (4-membered cyclic amide) rings is 1. The molecule has 46 heavy (non-hydrogen) atoms. The van der Waals surface area contributed by atoms with E-state index in [0.717, 1.165) is 29.7 Å². The van der Waals surface area contributed by atoms with Gasteiger partial charge in [-0.2, -0.15) is 0 Å². The minimum absolute atomic E-state index is 0.00843. The van der Waals surface area contributed by atoms with Crippen LogP contribution in [0.25, 0.3) is 0 Å². The van der Waals surface area contributed by atoms with Gasteiger partial charge in [0.2, 0.25) is 5.76 Å². The first-order valence-corrected chi connectivity index (χ1v) is 15.7. The van der Waals surface area contributed by atoms with Gasteiger partial charge < -0.3 is 28.9 Å². The van der Waals surface area contributed by atoms with Crippen LogP contribution in [0.15, 0.2) is 57.8 Å². The van der Waals surface area contributed by atoms with Gasteiger partial charge in [-0.1, -0.05) is 17.3 Å². The fraction of sp³-hybridized carbons (Fsp3) is 0.269. The number of nitrogens with zero attached hydrogens (tertiary/aromatic N) is 3. The first kappa shape index (κ1) is 34.4. The molecule has 0 spiro atoms. The number of carbonyl (C=O) groups excluding carboxylic acids is 5. The Bertz CT molecular complexity index is 1650. The normalized spacial score (nSPS) is 19.3. The highest BCUT2D eigenvalue weighted by Crippen LogP contribution is 2.36. The SMILES string of the molecule is [B]OC(=O)/C(=C\[B]OC=O)O/N=C(/C(=O)N[C@@H]1C(=O)N2C(C(=O)OCc3ccc(OC)cc3)=C(CCl)CS(=O)[C@H]12)c1csc(C)n1. The number of alkyl halides is 1. The van der Waals surface area contributed by atoms with Crippen molar-refractivity contribution in [2.24, 2.45) is 5.16 Å². The lowest BCUT2D eigenvalue weighted by molar-refractivity contribution is -0.153. The molecule has 4 rings (SSSR count). The summed E-state index contributed by atoms with van der Waals surface area (Å²) in [5.74, 6) is -3.41. The lowest BCUT2D eigenvalue weighted by Gasteiger charge is -2.49. The number of thiazole rings is 1. The molecule has 15 nitrogen and oxygen atoms in total. The number of carbonyl (C=O) groups is 5. The summed E-state index contributed by atoms with van der Waals surface area (Å²) in [5.41, 5.74) is 0.259. The minimum atomic E-state index is -1.77. The zero-order valence-corrected chi connectivity index (χ0v) is 26.4. The van der Waals surface area contributed by atoms with Crippen LogP contribution in [0.3, 0.4) is 0 Å². The van der Waals surface area contributed by atoms with Gasteiger partial charge in [-0.15, -0.1) is 22.9 Å². The van der Waals surface area contributed by atoms with Crippen molar-refractivity contribution in [3.05, 3.63) is 68.9 Å². The third-order valence-corrected chi connectivity index (χ3v) is 9.10. The van der Waals surface area contributed by atoms with Crippen LogP contribution in [-0.4, -0.2) is 95.7 Å². The molecule has 2 amide bonds. The molecule has 1 unspecified atom stereocenters. The summed E-state index contributed by atoms with van der Waals surface area (Å²) in [7, 11) is 5.41. The van der Waals surface area contributed by atoms with Crippen LogP contribution in [0.4, 0.5) is 0 Å². The average Bonchev–Trinajstić information content (AvgIpc) is 3.50. The molecular weight excluding hydrogens is 666 g/mol. The highest BCUT2D eigenvalue weighted by Gasteiger charge is 2.57. The average molecular weight is 688 g/mol. The molecule has 237 valence electrons. The van der Waals surface area contributed by atoms with Gasteiger partial charge in [0.25, 0.3) is 18.3 Å². The Kier molecular flexibility index (Phi) is 11.7. The van der Waals surface area contributed by atoms with Crippen molar-refractivity contribution >= 4 is 85.2 Å². The summed E-state index contributed by atoms with van der Waals surface area (Å²) < 4.78 is 32.2. The second-order valence-electron chi connectivity index (χ2n) is 9.17. The van der Waals surface area contributed by atoms with Crippen LogP contribution in [0, 0.1) is 6.92 Å². The number of hydrogen-bond acceptors (Lipinski definition) is 14. The summed E-state index contributed by atoms with van der Waals surface area (Å²) in [6.07, 6.45) is 0. The molecule has 2 aromatic rings. The van der Waals surface area contributed by atoms with Crippen molar-refractivity contribution in [2.75, 3.05) is 18.7 Å². The number of fused-ring (bicyclic) bond motifs is 1. The first-order chi connectivity index (χ1) is 22.1. The topological polar surface area (TPSA) is 189 Å². The number of esters is 1. The zero-order chi connectivity index (χ0) is 33.4. The molecule has 0 bridgehead atoms. The maximum atomic E-state index is 13.4. The maximum Gasteiger partial charge on any atom is 0.408 e. The van der Waals surface area contributed by atoms with E-state index in [1.165, 1.54) is 12.5 Å². The fourth-order valence-corrected chi connectivity index (χ4v) is 6.81. The van der Waals surface area contributed by atoms with Crippen molar-refractivity contribution in [2.45, 2.75) is 24.9 Å². The Labute approximate surface area is 275 Å². The Morgan fingerprint density at radius 1 is 1.30 bits per heavy atom. The number of benzene rings is 1. The number of aryl methyl sites for hydroxylation is 1. The van der Waals surface area contributed by atoms with Gasteiger partial charge in [0, 0.05) is 11.3 Å². The molecule has 3 atom stereocenters. The zero-order valence-electron chi connectivity index (χ0n) is 24.0. The van der Waals surface area contributed by atoms with Crippen LogP contribution in [0.5, 0.6) is 5.75 Å². The van der Waals surface area contributed by atoms with E-state index in [1.54, 1.807) is 31.2 Å². The van der Waals surface area contributed by atoms with Gasteiger partial charge >= 0.3 is 27.5 Å². The van der Waals surface area contributed by atoms with Gasteiger partial charge in [-0.3, -0.25) is 23.5 Å². The van der Waals surface area contributed by atoms with Crippen molar-refractivity contribution in [3.8, 4) is 5.75 Å². The van der Waals surface area contributed by atoms with Gasteiger partial charge in [-0.25, -0.2) is 14.6 Å². The number of methoxy groups -OCH3 is 1. The Morgan fingerprint density at radius 3 is 2.65 bits per heavy atom. The molecule has 1 aromatic carbocycles. The predicted octanol–water partition coefficient (Wildman–Crippen LogP) is 0.0928. The summed E-state index contributed by atoms with van der Waals surface area (Å²) in [6.45, 7) is 1.59. The number of amides is 2. The van der Waals surface area contributed by atoms with Gasteiger partial charge in [-0.05, 0) is 36.2 Å². The van der Waals surface area contributed by atoms with Crippen LogP contribution in [0.2, 0.25) is 0 Å². The number of nitrogens with one attached hydrogen (secondary N) is 1. The molecule has 2 aliphatic rings. The highest BCUT2D eigenvalue weighted by atomic mass is 35.5. The van der Waals surface area contributed by atoms with Crippen molar-refractivity contribution in [3.63, 3.8) is 0 Å². The standard InChI is InChI=1S/C26H22B2ClN4O11S2/c1-13-30-17(10-45-13)19(32-44-18(25(37)43-27)7-28-42-12-34)22(35)31-20-23(36)33-21(15(8-29)11-46(39)24(20)33)26(38)41-9-14-3-5-16(40-2)6-4-14/h3-7,10,12,20,24H,8-9,11H2,1-2H3,(H,31,35)/b18-7+,32-19+/t20-,24-,46?/m1/s1. The summed E-state index contributed by atoms with van der Waals surface area (Å²) in [5, 5.41) is 7.02. The monoisotopic (exact) mass is 687 g/mol. The van der Waals surface area contributed by atoms with Crippen LogP contribution < -0.4 is 10.1 Å². The van der Waals surface area contributed by atoms with E-state index in [0.29, 0.717) is 16.3 Å². The molecule has 3 heterocycles. The van der Waals surface area contributed by atoms with E-state index in [4.69, 9.17) is 34.0 Å². The van der Waals surface area contributed by atoms with Crippen molar-refractivity contribution < 1.29 is 51.8 Å². The number of ether oxygens (including phenoxy) is 2.